The van der Waals surface area contributed by atoms with Gasteiger partial charge in [-0.05, 0) is 60.2 Å². The standard InChI is InChI=1S/C23H27N3O/c1-4-19-13-18(15-25)8-9-20(19)12-17(2)16-27-22-7-5-6-21(14-22)23(26-3)10-11-24/h5-11,13-14,17,24,26H,4,12,16H2,1-3H3/b23-10-,24-11?. The van der Waals surface area contributed by atoms with E-state index in [0.717, 1.165) is 35.4 Å². The highest BCUT2D eigenvalue weighted by Crippen LogP contribution is 2.21. The quantitative estimate of drug-likeness (QED) is 0.642. The summed E-state index contributed by atoms with van der Waals surface area (Å²) in [5.74, 6) is 1.17. The summed E-state index contributed by atoms with van der Waals surface area (Å²) in [4.78, 5) is 0. The molecule has 2 N–H and O–H groups in total. The van der Waals surface area contributed by atoms with Gasteiger partial charge >= 0.3 is 0 Å². The van der Waals surface area contributed by atoms with Gasteiger partial charge in [-0.15, -0.1) is 0 Å². The Kier molecular flexibility index (Phi) is 7.63. The number of allylic oxidation sites excluding steroid dienone is 1. The summed E-state index contributed by atoms with van der Waals surface area (Å²) in [7, 11) is 1.84. The van der Waals surface area contributed by atoms with E-state index in [1.54, 1.807) is 6.08 Å². The lowest BCUT2D eigenvalue weighted by Crippen LogP contribution is -2.13. The van der Waals surface area contributed by atoms with Crippen molar-refractivity contribution < 1.29 is 4.74 Å². The summed E-state index contributed by atoms with van der Waals surface area (Å²) >= 11 is 0. The molecule has 0 aliphatic rings. The Morgan fingerprint density at radius 1 is 1.26 bits per heavy atom. The highest BCUT2D eigenvalue weighted by Gasteiger charge is 2.10. The number of benzene rings is 2. The van der Waals surface area contributed by atoms with E-state index in [4.69, 9.17) is 15.4 Å². The van der Waals surface area contributed by atoms with E-state index in [9.17, 15) is 0 Å². The van der Waals surface area contributed by atoms with Crippen LogP contribution in [-0.4, -0.2) is 19.9 Å². The fraction of sp³-hybridized carbons (Fsp3) is 0.304. The monoisotopic (exact) mass is 361 g/mol. The lowest BCUT2D eigenvalue weighted by Gasteiger charge is -2.16. The van der Waals surface area contributed by atoms with E-state index >= 15 is 0 Å². The number of hydrogen-bond acceptors (Lipinski definition) is 4. The molecular weight excluding hydrogens is 334 g/mol. The van der Waals surface area contributed by atoms with Gasteiger partial charge < -0.3 is 15.5 Å². The average Bonchev–Trinajstić information content (AvgIpc) is 2.71. The van der Waals surface area contributed by atoms with E-state index in [-0.39, 0.29) is 0 Å². The molecule has 0 heterocycles. The van der Waals surface area contributed by atoms with E-state index < -0.39 is 0 Å². The van der Waals surface area contributed by atoms with Gasteiger partial charge in [0.25, 0.3) is 0 Å². The first-order valence-electron chi connectivity index (χ1n) is 9.24. The molecule has 140 valence electrons. The van der Waals surface area contributed by atoms with E-state index in [1.807, 2.05) is 43.4 Å². The Morgan fingerprint density at radius 2 is 2.07 bits per heavy atom. The molecule has 0 aromatic heterocycles. The number of hydrogen-bond donors (Lipinski definition) is 2. The van der Waals surface area contributed by atoms with Crippen molar-refractivity contribution in [2.24, 2.45) is 5.92 Å². The summed E-state index contributed by atoms with van der Waals surface area (Å²) in [6, 6.07) is 16.0. The van der Waals surface area contributed by atoms with Gasteiger partial charge in [0.1, 0.15) is 5.75 Å². The topological polar surface area (TPSA) is 68.9 Å². The maximum atomic E-state index is 9.06. The Balaban J connectivity index is 2.02. The summed E-state index contributed by atoms with van der Waals surface area (Å²) in [6.07, 6.45) is 4.83. The van der Waals surface area contributed by atoms with Gasteiger partial charge in [-0.1, -0.05) is 32.0 Å². The Morgan fingerprint density at radius 3 is 2.74 bits per heavy atom. The molecule has 0 saturated carbocycles. The normalized spacial score (nSPS) is 12.1. The van der Waals surface area contributed by atoms with Crippen LogP contribution in [0.15, 0.2) is 48.5 Å². The summed E-state index contributed by atoms with van der Waals surface area (Å²) in [6.45, 7) is 4.92. The third kappa shape index (κ3) is 5.72. The molecule has 2 rings (SSSR count). The Hall–Kier alpha value is -3.06. The molecule has 2 aromatic rings. The first-order valence-corrected chi connectivity index (χ1v) is 9.24. The molecule has 0 amide bonds. The van der Waals surface area contributed by atoms with Gasteiger partial charge in [-0.3, -0.25) is 0 Å². The fourth-order valence-electron chi connectivity index (χ4n) is 3.06. The highest BCUT2D eigenvalue weighted by molar-refractivity contribution is 5.82. The zero-order valence-electron chi connectivity index (χ0n) is 16.3. The number of nitriles is 1. The van der Waals surface area contributed by atoms with Crippen LogP contribution in [0, 0.1) is 22.7 Å². The second-order valence-electron chi connectivity index (χ2n) is 6.59. The molecule has 0 spiro atoms. The fourth-order valence-corrected chi connectivity index (χ4v) is 3.06. The minimum atomic E-state index is 0.354. The van der Waals surface area contributed by atoms with Gasteiger partial charge in [0.05, 0.1) is 18.2 Å². The van der Waals surface area contributed by atoms with Crippen molar-refractivity contribution in [3.8, 4) is 11.8 Å². The zero-order valence-corrected chi connectivity index (χ0v) is 16.3. The molecule has 4 heteroatoms. The van der Waals surface area contributed by atoms with E-state index in [1.165, 1.54) is 17.3 Å². The van der Waals surface area contributed by atoms with Gasteiger partial charge in [0, 0.05) is 24.5 Å². The van der Waals surface area contributed by atoms with Gasteiger partial charge in [-0.2, -0.15) is 5.26 Å². The van der Waals surface area contributed by atoms with Crippen LogP contribution in [-0.2, 0) is 12.8 Å². The maximum Gasteiger partial charge on any atom is 0.119 e. The molecular formula is C23H27N3O. The Labute approximate surface area is 162 Å². The third-order valence-corrected chi connectivity index (χ3v) is 4.48. The van der Waals surface area contributed by atoms with Crippen molar-refractivity contribution in [3.05, 3.63) is 70.8 Å². The van der Waals surface area contributed by atoms with E-state index in [2.05, 4.69) is 31.3 Å². The van der Waals surface area contributed by atoms with Gasteiger partial charge in [-0.25, -0.2) is 0 Å². The van der Waals surface area contributed by atoms with Crippen LogP contribution in [0.1, 0.15) is 36.1 Å². The molecule has 27 heavy (non-hydrogen) atoms. The van der Waals surface area contributed by atoms with Crippen molar-refractivity contribution in [2.45, 2.75) is 26.7 Å². The predicted molar refractivity (Wildman–Crippen MR) is 111 cm³/mol. The number of aryl methyl sites for hydroxylation is 1. The van der Waals surface area contributed by atoms with E-state index in [0.29, 0.717) is 12.5 Å². The second kappa shape index (κ2) is 10.2. The minimum Gasteiger partial charge on any atom is -0.493 e. The van der Waals surface area contributed by atoms with Crippen LogP contribution in [0.2, 0.25) is 0 Å². The van der Waals surface area contributed by atoms with Crippen LogP contribution < -0.4 is 10.1 Å². The van der Waals surface area contributed by atoms with Crippen LogP contribution in [0.3, 0.4) is 0 Å². The highest BCUT2D eigenvalue weighted by atomic mass is 16.5. The maximum absolute atomic E-state index is 9.06. The summed E-state index contributed by atoms with van der Waals surface area (Å²) < 4.78 is 6.01. The predicted octanol–water partition coefficient (Wildman–Crippen LogP) is 4.59. The zero-order chi connectivity index (χ0) is 19.6. The van der Waals surface area contributed by atoms with Crippen molar-refractivity contribution >= 4 is 11.9 Å². The molecule has 1 atom stereocenters. The number of ether oxygens (including phenoxy) is 1. The molecule has 2 aromatic carbocycles. The third-order valence-electron chi connectivity index (χ3n) is 4.48. The first kappa shape index (κ1) is 20.3. The SMILES string of the molecule is CCc1cc(C#N)ccc1CC(C)COc1cccc(/C(=C/C=N)NC)c1. The average molecular weight is 361 g/mol. The number of nitrogens with zero attached hydrogens (tertiary/aromatic N) is 1. The lowest BCUT2D eigenvalue weighted by atomic mass is 9.94. The molecule has 0 fully saturated rings. The number of rotatable bonds is 9. The molecule has 1 unspecified atom stereocenters. The van der Waals surface area contributed by atoms with Crippen LogP contribution in [0.5, 0.6) is 5.75 Å². The summed E-state index contributed by atoms with van der Waals surface area (Å²) in [5, 5.41) is 19.4. The second-order valence-corrected chi connectivity index (χ2v) is 6.59. The smallest absolute Gasteiger partial charge is 0.119 e. The van der Waals surface area contributed by atoms with Crippen LogP contribution in [0.4, 0.5) is 0 Å². The lowest BCUT2D eigenvalue weighted by molar-refractivity contribution is 0.259. The minimum absolute atomic E-state index is 0.354. The van der Waals surface area contributed by atoms with Gasteiger partial charge in [0.2, 0.25) is 0 Å². The first-order chi connectivity index (χ1) is 13.1. The van der Waals surface area contributed by atoms with Crippen molar-refractivity contribution in [1.29, 1.82) is 10.7 Å². The van der Waals surface area contributed by atoms with Crippen LogP contribution >= 0.6 is 0 Å². The number of nitrogens with one attached hydrogen (secondary N) is 2. The Bertz CT molecular complexity index is 849. The summed E-state index contributed by atoms with van der Waals surface area (Å²) in [5.41, 5.74) is 5.11. The molecule has 0 aliphatic carbocycles. The molecule has 0 bridgehead atoms. The largest absolute Gasteiger partial charge is 0.493 e. The molecule has 0 aliphatic heterocycles. The van der Waals surface area contributed by atoms with Crippen molar-refractivity contribution in [3.63, 3.8) is 0 Å². The van der Waals surface area contributed by atoms with Gasteiger partial charge in [0.15, 0.2) is 0 Å². The molecule has 0 radical (unpaired) electrons. The van der Waals surface area contributed by atoms with Crippen molar-refractivity contribution in [2.75, 3.05) is 13.7 Å². The van der Waals surface area contributed by atoms with Crippen molar-refractivity contribution in [1.82, 2.24) is 5.32 Å². The van der Waals surface area contributed by atoms with Crippen LogP contribution in [0.25, 0.3) is 5.70 Å². The molecule has 0 saturated heterocycles. The molecule has 4 nitrogen and oxygen atoms in total.